The predicted octanol–water partition coefficient (Wildman–Crippen LogP) is 3.39. The van der Waals surface area contributed by atoms with Gasteiger partial charge in [-0.3, -0.25) is 0 Å². The molecule has 2 rings (SSSR count). The number of piperidine rings is 1. The van der Waals surface area contributed by atoms with E-state index in [1.165, 1.54) is 5.56 Å². The van der Waals surface area contributed by atoms with Crippen molar-refractivity contribution in [2.24, 2.45) is 5.92 Å². The van der Waals surface area contributed by atoms with E-state index in [9.17, 15) is 0 Å². The first-order valence-corrected chi connectivity index (χ1v) is 8.34. The molecule has 0 aliphatic carbocycles. The molecule has 0 aromatic carbocycles. The summed E-state index contributed by atoms with van der Waals surface area (Å²) in [6.45, 7) is 10.8. The summed E-state index contributed by atoms with van der Waals surface area (Å²) in [4.78, 5) is 21.8. The third-order valence-electron chi connectivity index (χ3n) is 3.92. The molecule has 0 amide bonds. The molecular weight excluding hydrogens is 278 g/mol. The van der Waals surface area contributed by atoms with Gasteiger partial charge in [-0.2, -0.15) is 0 Å². The Kier molecular flexibility index (Phi) is 6.15. The zero-order chi connectivity index (χ0) is 16.0. The fourth-order valence-electron chi connectivity index (χ4n) is 2.55. The molecule has 1 aliphatic heterocycles. The quantitative estimate of drug-likeness (QED) is 0.458. The van der Waals surface area contributed by atoms with Crippen LogP contribution in [-0.4, -0.2) is 35.3 Å². The van der Waals surface area contributed by atoms with Crippen LogP contribution in [0.25, 0.3) is 0 Å². The maximum absolute atomic E-state index is 5.30. The van der Waals surface area contributed by atoms with Gasteiger partial charge in [-0.1, -0.05) is 6.92 Å². The third-order valence-corrected chi connectivity index (χ3v) is 3.92. The van der Waals surface area contributed by atoms with E-state index in [-0.39, 0.29) is 5.60 Å². The summed E-state index contributed by atoms with van der Waals surface area (Å²) >= 11 is 0. The average Bonchev–Trinajstić information content (AvgIpc) is 2.51. The lowest BCUT2D eigenvalue weighted by Gasteiger charge is -2.32. The minimum Gasteiger partial charge on any atom is -0.341 e. The van der Waals surface area contributed by atoms with Gasteiger partial charge in [-0.15, -0.1) is 0 Å². The Hall–Kier alpha value is -1.20. The molecule has 1 aliphatic rings. The van der Waals surface area contributed by atoms with E-state index < -0.39 is 0 Å². The van der Waals surface area contributed by atoms with Crippen LogP contribution >= 0.6 is 0 Å². The van der Waals surface area contributed by atoms with Crippen molar-refractivity contribution >= 4 is 5.95 Å². The van der Waals surface area contributed by atoms with Gasteiger partial charge in [0.05, 0.1) is 12.2 Å². The topological polar surface area (TPSA) is 47.5 Å². The Morgan fingerprint density at radius 3 is 2.36 bits per heavy atom. The second-order valence-electron chi connectivity index (χ2n) is 6.98. The number of nitrogens with zero attached hydrogens (tertiary/aromatic N) is 3. The highest BCUT2D eigenvalue weighted by Crippen LogP contribution is 2.23. The number of rotatable bonds is 6. The summed E-state index contributed by atoms with van der Waals surface area (Å²) in [5.41, 5.74) is 0.959. The van der Waals surface area contributed by atoms with E-state index in [4.69, 9.17) is 9.78 Å². The monoisotopic (exact) mass is 307 g/mol. The molecular formula is C17H29N3O2. The van der Waals surface area contributed by atoms with Crippen molar-refractivity contribution in [3.63, 3.8) is 0 Å². The molecule has 5 nitrogen and oxygen atoms in total. The molecule has 1 aromatic rings. The van der Waals surface area contributed by atoms with Crippen molar-refractivity contribution in [3.8, 4) is 0 Å². The maximum Gasteiger partial charge on any atom is 0.225 e. The minimum atomic E-state index is -0.231. The van der Waals surface area contributed by atoms with E-state index in [0.717, 1.165) is 44.7 Å². The maximum atomic E-state index is 5.30. The second kappa shape index (κ2) is 7.88. The molecule has 0 saturated carbocycles. The molecule has 0 unspecified atom stereocenters. The Morgan fingerprint density at radius 1 is 1.18 bits per heavy atom. The first kappa shape index (κ1) is 17.2. The molecule has 0 N–H and O–H groups in total. The van der Waals surface area contributed by atoms with E-state index in [1.807, 2.05) is 33.2 Å². The number of hydrogen-bond acceptors (Lipinski definition) is 5. The predicted molar refractivity (Wildman–Crippen MR) is 87.8 cm³/mol. The number of anilines is 1. The lowest BCUT2D eigenvalue weighted by molar-refractivity contribution is -0.349. The number of aryl methyl sites for hydroxylation is 1. The van der Waals surface area contributed by atoms with E-state index >= 15 is 0 Å². The van der Waals surface area contributed by atoms with Crippen LogP contribution < -0.4 is 4.90 Å². The molecule has 5 heteroatoms. The van der Waals surface area contributed by atoms with Crippen molar-refractivity contribution in [2.45, 2.75) is 59.0 Å². The lowest BCUT2D eigenvalue weighted by atomic mass is 9.94. The largest absolute Gasteiger partial charge is 0.341 e. The van der Waals surface area contributed by atoms with Crippen molar-refractivity contribution in [2.75, 3.05) is 24.6 Å². The van der Waals surface area contributed by atoms with Gasteiger partial charge < -0.3 is 4.90 Å². The van der Waals surface area contributed by atoms with Crippen molar-refractivity contribution in [3.05, 3.63) is 18.0 Å². The summed E-state index contributed by atoms with van der Waals surface area (Å²) in [6, 6.07) is 0. The number of aromatic nitrogens is 2. The smallest absolute Gasteiger partial charge is 0.225 e. The molecule has 124 valence electrons. The Bertz CT molecular complexity index is 434. The van der Waals surface area contributed by atoms with Crippen LogP contribution in [0.2, 0.25) is 0 Å². The van der Waals surface area contributed by atoms with Crippen LogP contribution in [0.3, 0.4) is 0 Å². The minimum absolute atomic E-state index is 0.231. The normalized spacial score (nSPS) is 17.0. The molecule has 1 aromatic heterocycles. The van der Waals surface area contributed by atoms with Gasteiger partial charge in [0.15, 0.2) is 0 Å². The molecule has 2 heterocycles. The van der Waals surface area contributed by atoms with Crippen LogP contribution in [0.15, 0.2) is 12.4 Å². The average molecular weight is 307 g/mol. The molecule has 0 radical (unpaired) electrons. The standard InChI is InChI=1S/C17H29N3O2/c1-5-14-12-18-16(19-13-14)20-9-6-15(7-10-20)8-11-21-22-17(2,3)4/h12-13,15H,5-11H2,1-4H3. The highest BCUT2D eigenvalue weighted by Gasteiger charge is 2.21. The van der Waals surface area contributed by atoms with E-state index in [1.54, 1.807) is 0 Å². The molecule has 22 heavy (non-hydrogen) atoms. The van der Waals surface area contributed by atoms with E-state index in [2.05, 4.69) is 21.8 Å². The lowest BCUT2D eigenvalue weighted by Crippen LogP contribution is -2.35. The SMILES string of the molecule is CCc1cnc(N2CCC(CCOOC(C)(C)C)CC2)nc1. The summed E-state index contributed by atoms with van der Waals surface area (Å²) in [5.74, 6) is 1.57. The van der Waals surface area contributed by atoms with Gasteiger partial charge in [0.2, 0.25) is 5.95 Å². The van der Waals surface area contributed by atoms with Gasteiger partial charge in [0.1, 0.15) is 0 Å². The molecule has 0 spiro atoms. The summed E-state index contributed by atoms with van der Waals surface area (Å²) in [7, 11) is 0. The van der Waals surface area contributed by atoms with Crippen LogP contribution in [0.4, 0.5) is 5.95 Å². The van der Waals surface area contributed by atoms with Crippen LogP contribution in [-0.2, 0) is 16.2 Å². The third kappa shape index (κ3) is 5.54. The zero-order valence-electron chi connectivity index (χ0n) is 14.3. The van der Waals surface area contributed by atoms with E-state index in [0.29, 0.717) is 12.5 Å². The molecule has 0 bridgehead atoms. The summed E-state index contributed by atoms with van der Waals surface area (Å²) in [5, 5.41) is 0. The van der Waals surface area contributed by atoms with Crippen molar-refractivity contribution in [1.29, 1.82) is 0 Å². The fraction of sp³-hybridized carbons (Fsp3) is 0.765. The first-order chi connectivity index (χ1) is 10.5. The van der Waals surface area contributed by atoms with Gasteiger partial charge in [0, 0.05) is 25.5 Å². The Morgan fingerprint density at radius 2 is 1.82 bits per heavy atom. The highest BCUT2D eigenvalue weighted by atomic mass is 17.2. The highest BCUT2D eigenvalue weighted by molar-refractivity contribution is 5.30. The van der Waals surface area contributed by atoms with Gasteiger partial charge >= 0.3 is 0 Å². The fourth-order valence-corrected chi connectivity index (χ4v) is 2.55. The van der Waals surface area contributed by atoms with Crippen molar-refractivity contribution in [1.82, 2.24) is 9.97 Å². The molecule has 1 fully saturated rings. The van der Waals surface area contributed by atoms with Crippen LogP contribution in [0.1, 0.15) is 52.5 Å². The first-order valence-electron chi connectivity index (χ1n) is 8.34. The Balaban J connectivity index is 1.69. The molecule has 1 saturated heterocycles. The Labute approximate surface area is 134 Å². The molecule has 0 atom stereocenters. The number of hydrogen-bond donors (Lipinski definition) is 0. The van der Waals surface area contributed by atoms with Crippen LogP contribution in [0, 0.1) is 5.92 Å². The van der Waals surface area contributed by atoms with Gasteiger partial charge in [-0.25, -0.2) is 19.7 Å². The van der Waals surface area contributed by atoms with Gasteiger partial charge in [0.25, 0.3) is 0 Å². The summed E-state index contributed by atoms with van der Waals surface area (Å²) < 4.78 is 0. The van der Waals surface area contributed by atoms with Crippen molar-refractivity contribution < 1.29 is 9.78 Å². The van der Waals surface area contributed by atoms with Crippen LogP contribution in [0.5, 0.6) is 0 Å². The van der Waals surface area contributed by atoms with Gasteiger partial charge in [-0.05, 0) is 57.9 Å². The summed E-state index contributed by atoms with van der Waals surface area (Å²) in [6.07, 6.45) is 8.24. The second-order valence-corrected chi connectivity index (χ2v) is 6.98. The zero-order valence-corrected chi connectivity index (χ0v) is 14.3.